The number of hydrogen-bond acceptors (Lipinski definition) is 3. The number of anilines is 1. The van der Waals surface area contributed by atoms with Crippen LogP contribution in [0, 0.1) is 11.6 Å². The molecule has 1 aliphatic rings. The smallest absolute Gasteiger partial charge is 0.255 e. The average Bonchev–Trinajstić information content (AvgIpc) is 2.68. The van der Waals surface area contributed by atoms with Gasteiger partial charge in [0.2, 0.25) is 0 Å². The van der Waals surface area contributed by atoms with Gasteiger partial charge in [0.25, 0.3) is 5.91 Å². The van der Waals surface area contributed by atoms with E-state index in [4.69, 9.17) is 17.0 Å². The summed E-state index contributed by atoms with van der Waals surface area (Å²) >= 11 is 5.24. The highest BCUT2D eigenvalue weighted by atomic mass is 32.1. The molecule has 0 saturated carbocycles. The molecule has 1 heterocycles. The molecule has 3 N–H and O–H groups in total. The minimum absolute atomic E-state index is 0.143. The molecule has 1 aliphatic heterocycles. The summed E-state index contributed by atoms with van der Waals surface area (Å²) in [5, 5.41) is 8.97. The third-order valence-corrected chi connectivity index (χ3v) is 4.47. The Morgan fingerprint density at radius 2 is 2.07 bits per heavy atom. The molecule has 0 aliphatic carbocycles. The van der Waals surface area contributed by atoms with Gasteiger partial charge >= 0.3 is 0 Å². The van der Waals surface area contributed by atoms with Crippen LogP contribution >= 0.6 is 12.2 Å². The molecule has 2 aromatic rings. The van der Waals surface area contributed by atoms with E-state index in [-0.39, 0.29) is 5.69 Å². The predicted octanol–water partition coefficient (Wildman–Crippen LogP) is 3.96. The molecule has 0 fully saturated rings. The van der Waals surface area contributed by atoms with E-state index in [9.17, 15) is 13.6 Å². The summed E-state index contributed by atoms with van der Waals surface area (Å²) in [7, 11) is 0. The van der Waals surface area contributed by atoms with Crippen LogP contribution in [0.25, 0.3) is 0 Å². The van der Waals surface area contributed by atoms with Crippen molar-refractivity contribution in [2.75, 3.05) is 11.9 Å². The lowest BCUT2D eigenvalue weighted by Gasteiger charge is -2.30. The molecule has 150 valence electrons. The summed E-state index contributed by atoms with van der Waals surface area (Å²) in [5.74, 6) is -1.89. The summed E-state index contributed by atoms with van der Waals surface area (Å²) in [6.45, 7) is 5.69. The number of halogens is 2. The first-order chi connectivity index (χ1) is 13.9. The molecule has 3 rings (SSSR count). The maximum Gasteiger partial charge on any atom is 0.255 e. The molecule has 0 unspecified atom stereocenters. The minimum atomic E-state index is -1.04. The number of thiocarbonyl (C=S) groups is 1. The first-order valence-electron chi connectivity index (χ1n) is 8.77. The zero-order valence-corrected chi connectivity index (χ0v) is 16.4. The first-order valence-corrected chi connectivity index (χ1v) is 9.18. The van der Waals surface area contributed by atoms with E-state index in [0.29, 0.717) is 28.7 Å². The standard InChI is InChI=1S/C21H19F2N3O2S/c1-3-9-28-15-6-4-5-13(10-15)19-18(12(2)24-21(29)26-19)20(27)25-14-7-8-16(22)17(23)11-14/h3-8,10-11,19H,1,9H2,2H3,(H,25,27)(H2,24,26,29)/t19-/m0/s1. The molecule has 1 atom stereocenters. The molecular weight excluding hydrogens is 396 g/mol. The first kappa shape index (κ1) is 20.5. The molecule has 0 aromatic heterocycles. The highest BCUT2D eigenvalue weighted by Gasteiger charge is 2.30. The fourth-order valence-electron chi connectivity index (χ4n) is 2.96. The van der Waals surface area contributed by atoms with E-state index in [1.807, 2.05) is 6.07 Å². The van der Waals surface area contributed by atoms with Crippen LogP contribution in [0.5, 0.6) is 5.75 Å². The van der Waals surface area contributed by atoms with E-state index < -0.39 is 23.6 Å². The van der Waals surface area contributed by atoms with Crippen LogP contribution in [0.1, 0.15) is 18.5 Å². The summed E-state index contributed by atoms with van der Waals surface area (Å²) in [6.07, 6.45) is 1.63. The zero-order chi connectivity index (χ0) is 21.0. The van der Waals surface area contributed by atoms with Crippen LogP contribution < -0.4 is 20.7 Å². The second-order valence-electron chi connectivity index (χ2n) is 6.33. The van der Waals surface area contributed by atoms with Crippen LogP contribution in [-0.2, 0) is 4.79 Å². The van der Waals surface area contributed by atoms with E-state index in [2.05, 4.69) is 22.5 Å². The summed E-state index contributed by atoms with van der Waals surface area (Å²) in [5.41, 5.74) is 1.81. The number of ether oxygens (including phenoxy) is 1. The van der Waals surface area contributed by atoms with E-state index in [0.717, 1.165) is 17.7 Å². The van der Waals surface area contributed by atoms with Crippen molar-refractivity contribution in [1.29, 1.82) is 0 Å². The Hall–Kier alpha value is -3.26. The second-order valence-corrected chi connectivity index (χ2v) is 6.73. The van der Waals surface area contributed by atoms with Crippen molar-refractivity contribution in [1.82, 2.24) is 10.6 Å². The van der Waals surface area contributed by atoms with Crippen molar-refractivity contribution in [2.45, 2.75) is 13.0 Å². The maximum absolute atomic E-state index is 13.5. The molecule has 0 bridgehead atoms. The van der Waals surface area contributed by atoms with Gasteiger partial charge in [-0.05, 0) is 49.0 Å². The number of rotatable bonds is 6. The quantitative estimate of drug-likeness (QED) is 0.492. The highest BCUT2D eigenvalue weighted by molar-refractivity contribution is 7.80. The van der Waals surface area contributed by atoms with Crippen molar-refractivity contribution in [3.63, 3.8) is 0 Å². The number of amides is 1. The molecule has 29 heavy (non-hydrogen) atoms. The third kappa shape index (κ3) is 4.78. The van der Waals surface area contributed by atoms with Crippen molar-refractivity contribution >= 4 is 28.9 Å². The summed E-state index contributed by atoms with van der Waals surface area (Å²) in [4.78, 5) is 13.0. The Balaban J connectivity index is 1.92. The highest BCUT2D eigenvalue weighted by Crippen LogP contribution is 2.30. The van der Waals surface area contributed by atoms with E-state index in [1.54, 1.807) is 31.2 Å². The Bertz CT molecular complexity index is 1010. The number of carbonyl (C=O) groups is 1. The van der Waals surface area contributed by atoms with Gasteiger partial charge in [-0.2, -0.15) is 0 Å². The second kappa shape index (κ2) is 8.83. The Labute approximate surface area is 172 Å². The summed E-state index contributed by atoms with van der Waals surface area (Å²) in [6, 6.07) is 9.86. The lowest BCUT2D eigenvalue weighted by molar-refractivity contribution is -0.113. The Morgan fingerprint density at radius 1 is 1.28 bits per heavy atom. The molecule has 0 spiro atoms. The normalized spacial score (nSPS) is 16.0. The largest absolute Gasteiger partial charge is 0.490 e. The molecule has 0 radical (unpaired) electrons. The van der Waals surface area contributed by atoms with Crippen LogP contribution in [0.15, 0.2) is 66.4 Å². The van der Waals surface area contributed by atoms with Crippen LogP contribution in [0.2, 0.25) is 0 Å². The van der Waals surface area contributed by atoms with Crippen molar-refractivity contribution in [3.05, 3.63) is 83.6 Å². The van der Waals surface area contributed by atoms with Crippen LogP contribution in [-0.4, -0.2) is 17.6 Å². The monoisotopic (exact) mass is 415 g/mol. The van der Waals surface area contributed by atoms with Gasteiger partial charge in [0.1, 0.15) is 12.4 Å². The van der Waals surface area contributed by atoms with E-state index >= 15 is 0 Å². The number of nitrogens with one attached hydrogen (secondary N) is 3. The number of hydrogen-bond donors (Lipinski definition) is 3. The zero-order valence-electron chi connectivity index (χ0n) is 15.6. The fraction of sp³-hybridized carbons (Fsp3) is 0.143. The van der Waals surface area contributed by atoms with E-state index in [1.165, 1.54) is 6.07 Å². The van der Waals surface area contributed by atoms with Crippen molar-refractivity contribution in [2.24, 2.45) is 0 Å². The molecule has 0 saturated heterocycles. The van der Waals surface area contributed by atoms with Gasteiger partial charge in [0.05, 0.1) is 11.6 Å². The number of carbonyl (C=O) groups excluding carboxylic acids is 1. The maximum atomic E-state index is 13.5. The molecule has 2 aromatic carbocycles. The van der Waals surface area contributed by atoms with Crippen molar-refractivity contribution < 1.29 is 18.3 Å². The third-order valence-electron chi connectivity index (χ3n) is 4.25. The van der Waals surface area contributed by atoms with Gasteiger partial charge in [-0.25, -0.2) is 8.78 Å². The topological polar surface area (TPSA) is 62.4 Å². The molecule has 5 nitrogen and oxygen atoms in total. The van der Waals surface area contributed by atoms with Gasteiger partial charge in [-0.3, -0.25) is 4.79 Å². The molecular formula is C21H19F2N3O2S. The van der Waals surface area contributed by atoms with Gasteiger partial charge < -0.3 is 20.7 Å². The number of allylic oxidation sites excluding steroid dienone is 1. The summed E-state index contributed by atoms with van der Waals surface area (Å²) < 4.78 is 32.2. The Kier molecular flexibility index (Phi) is 6.23. The lowest BCUT2D eigenvalue weighted by Crippen LogP contribution is -2.45. The molecule has 8 heteroatoms. The number of benzene rings is 2. The van der Waals surface area contributed by atoms with Gasteiger partial charge in [-0.1, -0.05) is 24.8 Å². The lowest BCUT2D eigenvalue weighted by atomic mass is 9.94. The predicted molar refractivity (Wildman–Crippen MR) is 111 cm³/mol. The van der Waals surface area contributed by atoms with Gasteiger partial charge in [-0.15, -0.1) is 0 Å². The molecule has 1 amide bonds. The van der Waals surface area contributed by atoms with Gasteiger partial charge in [0, 0.05) is 17.5 Å². The fourth-order valence-corrected chi connectivity index (χ4v) is 3.23. The average molecular weight is 415 g/mol. The SMILES string of the molecule is C=CCOc1cccc([C@@H]2NC(=S)NC(C)=C2C(=O)Nc2ccc(F)c(F)c2)c1. The van der Waals surface area contributed by atoms with Gasteiger partial charge in [0.15, 0.2) is 16.7 Å². The van der Waals surface area contributed by atoms with Crippen LogP contribution in [0.3, 0.4) is 0 Å². The van der Waals surface area contributed by atoms with Crippen molar-refractivity contribution in [3.8, 4) is 5.75 Å². The van der Waals surface area contributed by atoms with Crippen LogP contribution in [0.4, 0.5) is 14.5 Å². The Morgan fingerprint density at radius 3 is 2.79 bits per heavy atom. The minimum Gasteiger partial charge on any atom is -0.490 e.